The van der Waals surface area contributed by atoms with Gasteiger partial charge < -0.3 is 14.7 Å². The highest BCUT2D eigenvalue weighted by molar-refractivity contribution is 7.09. The molecule has 0 saturated carbocycles. The summed E-state index contributed by atoms with van der Waals surface area (Å²) in [6, 6.07) is 6.66. The zero-order chi connectivity index (χ0) is 15.5. The number of aromatic amines is 1. The summed E-state index contributed by atoms with van der Waals surface area (Å²) in [4.78, 5) is 30.3. The molecule has 3 aromatic heterocycles. The van der Waals surface area contributed by atoms with Crippen LogP contribution < -0.4 is 10.9 Å². The molecule has 6 nitrogen and oxygen atoms in total. The SMILES string of the molecule is Cc1nc(-c2ccc(CNC(=O)c3ccc[nH]c3=O)o2)cs1. The summed E-state index contributed by atoms with van der Waals surface area (Å²) in [6.45, 7) is 2.13. The Kier molecular flexibility index (Phi) is 3.88. The first kappa shape index (κ1) is 14.3. The third-order valence-electron chi connectivity index (χ3n) is 3.02. The summed E-state index contributed by atoms with van der Waals surface area (Å²) in [5.41, 5.74) is 0.432. The normalized spacial score (nSPS) is 10.6. The molecule has 1 amide bonds. The van der Waals surface area contributed by atoms with Gasteiger partial charge in [-0.05, 0) is 31.2 Å². The monoisotopic (exact) mass is 315 g/mol. The maximum absolute atomic E-state index is 11.9. The molecule has 3 rings (SSSR count). The first-order valence-corrected chi connectivity index (χ1v) is 7.48. The lowest BCUT2D eigenvalue weighted by Crippen LogP contribution is -2.28. The van der Waals surface area contributed by atoms with Crippen molar-refractivity contribution in [1.29, 1.82) is 0 Å². The van der Waals surface area contributed by atoms with Gasteiger partial charge in [-0.2, -0.15) is 0 Å². The molecular weight excluding hydrogens is 302 g/mol. The van der Waals surface area contributed by atoms with Crippen molar-refractivity contribution in [1.82, 2.24) is 15.3 Å². The third kappa shape index (κ3) is 2.99. The van der Waals surface area contributed by atoms with Crippen LogP contribution in [0.15, 0.2) is 45.1 Å². The van der Waals surface area contributed by atoms with Gasteiger partial charge in [0.1, 0.15) is 17.0 Å². The minimum atomic E-state index is -0.440. The summed E-state index contributed by atoms with van der Waals surface area (Å²) in [5, 5.41) is 5.53. The number of carbonyl (C=O) groups is 1. The Hall–Kier alpha value is -2.67. The fourth-order valence-electron chi connectivity index (χ4n) is 1.95. The number of hydrogen-bond acceptors (Lipinski definition) is 5. The van der Waals surface area contributed by atoms with Gasteiger partial charge >= 0.3 is 0 Å². The molecule has 3 heterocycles. The van der Waals surface area contributed by atoms with E-state index >= 15 is 0 Å². The van der Waals surface area contributed by atoms with Gasteiger partial charge in [-0.1, -0.05) is 0 Å². The van der Waals surface area contributed by atoms with E-state index in [4.69, 9.17) is 4.42 Å². The van der Waals surface area contributed by atoms with Crippen LogP contribution in [0.25, 0.3) is 11.5 Å². The van der Waals surface area contributed by atoms with Crippen molar-refractivity contribution in [2.75, 3.05) is 0 Å². The molecule has 0 radical (unpaired) electrons. The number of H-pyrrole nitrogens is 1. The van der Waals surface area contributed by atoms with E-state index in [0.717, 1.165) is 10.7 Å². The number of rotatable bonds is 4. The zero-order valence-corrected chi connectivity index (χ0v) is 12.6. The number of nitrogens with zero attached hydrogens (tertiary/aromatic N) is 1. The van der Waals surface area contributed by atoms with Crippen molar-refractivity contribution in [3.05, 3.63) is 62.5 Å². The molecular formula is C15H13N3O3S. The number of hydrogen-bond donors (Lipinski definition) is 2. The van der Waals surface area contributed by atoms with Crippen LogP contribution in [0.2, 0.25) is 0 Å². The molecule has 0 atom stereocenters. The molecule has 0 saturated heterocycles. The standard InChI is InChI=1S/C15H13N3O3S/c1-9-18-12(8-22-9)13-5-4-10(21-13)7-17-15(20)11-3-2-6-16-14(11)19/h2-6,8H,7H2,1H3,(H,16,19)(H,17,20). The highest BCUT2D eigenvalue weighted by atomic mass is 32.1. The van der Waals surface area contributed by atoms with Crippen LogP contribution in [0.4, 0.5) is 0 Å². The van der Waals surface area contributed by atoms with E-state index in [2.05, 4.69) is 15.3 Å². The molecule has 0 aliphatic heterocycles. The van der Waals surface area contributed by atoms with Crippen LogP contribution in [-0.4, -0.2) is 15.9 Å². The molecule has 0 aliphatic carbocycles. The van der Waals surface area contributed by atoms with Gasteiger partial charge in [0.05, 0.1) is 11.6 Å². The molecule has 0 aromatic carbocycles. The third-order valence-corrected chi connectivity index (χ3v) is 3.79. The topological polar surface area (TPSA) is 88.0 Å². The second-order valence-electron chi connectivity index (χ2n) is 4.61. The van der Waals surface area contributed by atoms with Gasteiger partial charge in [-0.25, -0.2) is 4.98 Å². The second-order valence-corrected chi connectivity index (χ2v) is 5.68. The van der Waals surface area contributed by atoms with Crippen molar-refractivity contribution in [2.24, 2.45) is 0 Å². The highest BCUT2D eigenvalue weighted by Crippen LogP contribution is 2.23. The predicted molar refractivity (Wildman–Crippen MR) is 82.8 cm³/mol. The Bertz CT molecular complexity index is 863. The van der Waals surface area contributed by atoms with Crippen LogP contribution >= 0.6 is 11.3 Å². The second kappa shape index (κ2) is 5.98. The predicted octanol–water partition coefficient (Wildman–Crippen LogP) is 2.33. The molecule has 0 bridgehead atoms. The molecule has 2 N–H and O–H groups in total. The highest BCUT2D eigenvalue weighted by Gasteiger charge is 2.11. The van der Waals surface area contributed by atoms with Crippen molar-refractivity contribution < 1.29 is 9.21 Å². The van der Waals surface area contributed by atoms with Gasteiger partial charge in [0.2, 0.25) is 0 Å². The minimum Gasteiger partial charge on any atom is -0.458 e. The number of pyridine rings is 1. The lowest BCUT2D eigenvalue weighted by Gasteiger charge is -2.02. The van der Waals surface area contributed by atoms with Crippen molar-refractivity contribution in [3.8, 4) is 11.5 Å². The maximum Gasteiger partial charge on any atom is 0.260 e. The average Bonchev–Trinajstić information content (AvgIpc) is 3.14. The first-order chi connectivity index (χ1) is 10.6. The number of aromatic nitrogens is 2. The zero-order valence-electron chi connectivity index (χ0n) is 11.8. The van der Waals surface area contributed by atoms with Crippen molar-refractivity contribution >= 4 is 17.2 Å². The Morgan fingerprint density at radius 1 is 1.41 bits per heavy atom. The number of carbonyl (C=O) groups excluding carboxylic acids is 1. The van der Waals surface area contributed by atoms with E-state index in [1.54, 1.807) is 23.5 Å². The quantitative estimate of drug-likeness (QED) is 0.773. The van der Waals surface area contributed by atoms with Gasteiger partial charge in [0, 0.05) is 11.6 Å². The van der Waals surface area contributed by atoms with E-state index in [0.29, 0.717) is 11.5 Å². The van der Waals surface area contributed by atoms with Gasteiger partial charge in [-0.3, -0.25) is 9.59 Å². The van der Waals surface area contributed by atoms with E-state index in [1.165, 1.54) is 12.3 Å². The molecule has 0 fully saturated rings. The van der Waals surface area contributed by atoms with Crippen LogP contribution in [-0.2, 0) is 6.54 Å². The van der Waals surface area contributed by atoms with E-state index in [1.807, 2.05) is 18.4 Å². The average molecular weight is 315 g/mol. The smallest absolute Gasteiger partial charge is 0.260 e. The lowest BCUT2D eigenvalue weighted by molar-refractivity contribution is 0.0946. The Labute approximate surface area is 129 Å². The first-order valence-electron chi connectivity index (χ1n) is 6.60. The minimum absolute atomic E-state index is 0.0735. The largest absolute Gasteiger partial charge is 0.458 e. The van der Waals surface area contributed by atoms with Crippen LogP contribution in [0.5, 0.6) is 0 Å². The molecule has 0 aliphatic rings. The fraction of sp³-hybridized carbons (Fsp3) is 0.133. The molecule has 3 aromatic rings. The molecule has 112 valence electrons. The fourth-order valence-corrected chi connectivity index (χ4v) is 2.55. The van der Waals surface area contributed by atoms with E-state index in [-0.39, 0.29) is 12.1 Å². The van der Waals surface area contributed by atoms with Crippen molar-refractivity contribution in [2.45, 2.75) is 13.5 Å². The maximum atomic E-state index is 11.9. The Morgan fingerprint density at radius 3 is 3.00 bits per heavy atom. The number of furan rings is 1. The number of nitrogens with one attached hydrogen (secondary N) is 2. The summed E-state index contributed by atoms with van der Waals surface area (Å²) >= 11 is 1.55. The van der Waals surface area contributed by atoms with Crippen LogP contribution in [0.3, 0.4) is 0 Å². The number of aryl methyl sites for hydroxylation is 1. The molecule has 0 unspecified atom stereocenters. The van der Waals surface area contributed by atoms with Crippen molar-refractivity contribution in [3.63, 3.8) is 0 Å². The Balaban J connectivity index is 1.67. The van der Waals surface area contributed by atoms with E-state index in [9.17, 15) is 9.59 Å². The van der Waals surface area contributed by atoms with Gasteiger partial charge in [0.15, 0.2) is 5.76 Å². The lowest BCUT2D eigenvalue weighted by atomic mass is 10.2. The van der Waals surface area contributed by atoms with E-state index < -0.39 is 11.5 Å². The summed E-state index contributed by atoms with van der Waals surface area (Å²) in [7, 11) is 0. The number of thiazole rings is 1. The van der Waals surface area contributed by atoms with Crippen LogP contribution in [0.1, 0.15) is 21.1 Å². The Morgan fingerprint density at radius 2 is 2.27 bits per heavy atom. The van der Waals surface area contributed by atoms with Crippen LogP contribution in [0, 0.1) is 6.92 Å². The summed E-state index contributed by atoms with van der Waals surface area (Å²) in [5.74, 6) is 0.817. The van der Waals surface area contributed by atoms with Gasteiger partial charge in [0.25, 0.3) is 11.5 Å². The number of amides is 1. The summed E-state index contributed by atoms with van der Waals surface area (Å²) in [6.07, 6.45) is 1.48. The molecule has 7 heteroatoms. The summed E-state index contributed by atoms with van der Waals surface area (Å²) < 4.78 is 5.64. The van der Waals surface area contributed by atoms with Gasteiger partial charge in [-0.15, -0.1) is 11.3 Å². The molecule has 22 heavy (non-hydrogen) atoms. The molecule has 0 spiro atoms.